The molecule has 2 heterocycles. The van der Waals surface area contributed by atoms with Crippen LogP contribution in [-0.4, -0.2) is 5.16 Å². The minimum atomic E-state index is -0.475. The molecule has 0 N–H and O–H groups in total. The first-order valence-corrected chi connectivity index (χ1v) is 3.66. The zero-order valence-electron chi connectivity index (χ0n) is 6.90. The summed E-state index contributed by atoms with van der Waals surface area (Å²) in [6.45, 7) is 3.85. The van der Waals surface area contributed by atoms with E-state index in [-0.39, 0.29) is 0 Å². The van der Waals surface area contributed by atoms with Crippen LogP contribution in [0.15, 0.2) is 27.1 Å². The lowest BCUT2D eigenvalue weighted by Gasteiger charge is -2.12. The molecule has 61 valence electrons. The summed E-state index contributed by atoms with van der Waals surface area (Å²) in [7, 11) is 0. The Morgan fingerprint density at radius 3 is 2.92 bits per heavy atom. The highest BCUT2D eigenvalue weighted by Gasteiger charge is 2.30. The predicted octanol–water partition coefficient (Wildman–Crippen LogP) is 1.98. The van der Waals surface area contributed by atoms with Crippen LogP contribution >= 0.6 is 0 Å². The summed E-state index contributed by atoms with van der Waals surface area (Å²) in [6.07, 6.45) is 6.06. The summed E-state index contributed by atoms with van der Waals surface area (Å²) >= 11 is 0. The van der Waals surface area contributed by atoms with Gasteiger partial charge in [-0.05, 0) is 19.9 Å². The largest absolute Gasteiger partial charge is 0.364 e. The number of hydrogen-bond donors (Lipinski definition) is 0. The molecule has 1 aromatic heterocycles. The van der Waals surface area contributed by atoms with Crippen LogP contribution in [0.2, 0.25) is 0 Å². The van der Waals surface area contributed by atoms with Gasteiger partial charge in [0.2, 0.25) is 0 Å². The van der Waals surface area contributed by atoms with Gasteiger partial charge in [-0.2, -0.15) is 10.2 Å². The second-order valence-electron chi connectivity index (χ2n) is 2.97. The van der Waals surface area contributed by atoms with Crippen molar-refractivity contribution in [1.82, 2.24) is 5.16 Å². The van der Waals surface area contributed by atoms with Gasteiger partial charge < -0.3 is 4.52 Å². The first-order chi connectivity index (χ1) is 5.72. The van der Waals surface area contributed by atoms with Crippen molar-refractivity contribution in [1.29, 1.82) is 0 Å². The molecule has 0 saturated carbocycles. The van der Waals surface area contributed by atoms with Crippen molar-refractivity contribution in [3.63, 3.8) is 0 Å². The van der Waals surface area contributed by atoms with Gasteiger partial charge in [0.15, 0.2) is 0 Å². The first-order valence-electron chi connectivity index (χ1n) is 3.66. The van der Waals surface area contributed by atoms with E-state index in [0.717, 1.165) is 11.3 Å². The fourth-order valence-electron chi connectivity index (χ4n) is 1.21. The van der Waals surface area contributed by atoms with Crippen LogP contribution in [0.4, 0.5) is 0 Å². The number of rotatable bonds is 1. The van der Waals surface area contributed by atoms with Crippen LogP contribution in [0.5, 0.6) is 0 Å². The molecule has 0 aliphatic carbocycles. The van der Waals surface area contributed by atoms with Crippen molar-refractivity contribution in [2.75, 3.05) is 0 Å². The van der Waals surface area contributed by atoms with Crippen LogP contribution in [0, 0.1) is 13.1 Å². The molecule has 12 heavy (non-hydrogen) atoms. The Bertz CT molecular complexity index is 339. The Kier molecular flexibility index (Phi) is 1.36. The minimum Gasteiger partial charge on any atom is -0.364 e. The van der Waals surface area contributed by atoms with E-state index in [1.165, 1.54) is 0 Å². The van der Waals surface area contributed by atoms with Crippen LogP contribution in [0.3, 0.4) is 0 Å². The molecule has 0 spiro atoms. The van der Waals surface area contributed by atoms with Crippen molar-refractivity contribution in [3.8, 4) is 0 Å². The number of aryl methyl sites for hydroxylation is 1. The van der Waals surface area contributed by atoms with Crippen LogP contribution in [0.25, 0.3) is 0 Å². The monoisotopic (exact) mass is 162 g/mol. The zero-order chi connectivity index (χ0) is 8.60. The van der Waals surface area contributed by atoms with Gasteiger partial charge in [-0.1, -0.05) is 5.16 Å². The fraction of sp³-hybridized carbons (Fsp3) is 0.375. The maximum absolute atomic E-state index is 4.82. The third kappa shape index (κ3) is 0.879. The maximum Gasteiger partial charge on any atom is 0.145 e. The smallest absolute Gasteiger partial charge is 0.145 e. The summed E-state index contributed by atoms with van der Waals surface area (Å²) in [5.74, 6) is 0. The molecule has 1 aliphatic heterocycles. The van der Waals surface area contributed by atoms with Crippen molar-refractivity contribution in [2.24, 2.45) is 10.2 Å². The molecule has 1 aliphatic rings. The summed E-state index contributed by atoms with van der Waals surface area (Å²) in [4.78, 5) is 0. The number of azo groups is 1. The van der Waals surface area contributed by atoms with Crippen molar-refractivity contribution < 1.29 is 4.52 Å². The maximum atomic E-state index is 4.82. The molecule has 0 aromatic carbocycles. The standard InChI is InChI=1S/C8H8N3O/c1-6-5-12-10-7(6)8(2)3-4-9-11-8/h3,5H,1-2H3. The minimum absolute atomic E-state index is 0.475. The quantitative estimate of drug-likeness (QED) is 0.633. The van der Waals surface area contributed by atoms with Crippen LogP contribution in [0.1, 0.15) is 18.2 Å². The number of aromatic nitrogens is 1. The topological polar surface area (TPSA) is 50.8 Å². The van der Waals surface area contributed by atoms with E-state index in [0.29, 0.717) is 0 Å². The molecule has 1 unspecified atom stereocenters. The third-order valence-electron chi connectivity index (χ3n) is 1.89. The van der Waals surface area contributed by atoms with Gasteiger partial charge in [-0.25, -0.2) is 0 Å². The Hall–Kier alpha value is -1.45. The lowest BCUT2D eigenvalue weighted by Crippen LogP contribution is -2.14. The highest BCUT2D eigenvalue weighted by atomic mass is 16.5. The molecule has 0 saturated heterocycles. The molecule has 1 aromatic rings. The summed E-state index contributed by atoms with van der Waals surface area (Å²) in [6, 6.07) is 0. The van der Waals surface area contributed by atoms with E-state index in [1.54, 1.807) is 12.3 Å². The number of hydrogen-bond acceptors (Lipinski definition) is 4. The second kappa shape index (κ2) is 2.27. The molecular formula is C8H8N3O. The lowest BCUT2D eigenvalue weighted by atomic mass is 9.97. The van der Waals surface area contributed by atoms with Crippen molar-refractivity contribution in [3.05, 3.63) is 29.8 Å². The summed E-state index contributed by atoms with van der Waals surface area (Å²) < 4.78 is 4.82. The van der Waals surface area contributed by atoms with E-state index < -0.39 is 5.54 Å². The Labute approximate surface area is 70.0 Å². The molecule has 0 fully saturated rings. The zero-order valence-corrected chi connectivity index (χ0v) is 6.90. The van der Waals surface area contributed by atoms with Gasteiger partial charge in [0.05, 0.1) is 0 Å². The Morgan fingerprint density at radius 1 is 1.58 bits per heavy atom. The van der Waals surface area contributed by atoms with Crippen molar-refractivity contribution >= 4 is 0 Å². The fourth-order valence-corrected chi connectivity index (χ4v) is 1.21. The second-order valence-corrected chi connectivity index (χ2v) is 2.97. The average molecular weight is 162 g/mol. The third-order valence-corrected chi connectivity index (χ3v) is 1.89. The predicted molar refractivity (Wildman–Crippen MR) is 41.3 cm³/mol. The van der Waals surface area contributed by atoms with E-state index in [9.17, 15) is 0 Å². The average Bonchev–Trinajstić information content (AvgIpc) is 2.59. The van der Waals surface area contributed by atoms with Crippen LogP contribution < -0.4 is 0 Å². The highest BCUT2D eigenvalue weighted by molar-refractivity contribution is 5.27. The van der Waals surface area contributed by atoms with Gasteiger partial charge in [-0.3, -0.25) is 0 Å². The lowest BCUT2D eigenvalue weighted by molar-refractivity contribution is 0.396. The Morgan fingerprint density at radius 2 is 2.42 bits per heavy atom. The highest BCUT2D eigenvalue weighted by Crippen LogP contribution is 2.31. The van der Waals surface area contributed by atoms with E-state index in [2.05, 4.69) is 21.6 Å². The van der Waals surface area contributed by atoms with Gasteiger partial charge in [-0.15, -0.1) is 0 Å². The SMILES string of the molecule is Cc1conc1C1(C)C=[C]N=N1. The molecule has 0 bridgehead atoms. The van der Waals surface area contributed by atoms with Gasteiger partial charge in [0, 0.05) is 5.56 Å². The summed E-state index contributed by atoms with van der Waals surface area (Å²) in [5.41, 5.74) is 1.31. The van der Waals surface area contributed by atoms with Crippen LogP contribution in [-0.2, 0) is 5.54 Å². The normalized spacial score (nSPS) is 26.8. The molecule has 2 rings (SSSR count). The van der Waals surface area contributed by atoms with Crippen molar-refractivity contribution in [2.45, 2.75) is 19.4 Å². The van der Waals surface area contributed by atoms with E-state index >= 15 is 0 Å². The number of nitrogens with zero attached hydrogens (tertiary/aromatic N) is 3. The van der Waals surface area contributed by atoms with E-state index in [4.69, 9.17) is 4.52 Å². The molecule has 0 amide bonds. The molecule has 4 heteroatoms. The molecule has 1 atom stereocenters. The van der Waals surface area contributed by atoms with E-state index in [1.807, 2.05) is 13.8 Å². The Balaban J connectivity index is 2.49. The molecular weight excluding hydrogens is 154 g/mol. The van der Waals surface area contributed by atoms with Gasteiger partial charge >= 0.3 is 0 Å². The van der Waals surface area contributed by atoms with Gasteiger partial charge in [0.1, 0.15) is 23.7 Å². The molecule has 4 nitrogen and oxygen atoms in total. The van der Waals surface area contributed by atoms with Gasteiger partial charge in [0.25, 0.3) is 0 Å². The molecule has 1 radical (unpaired) electrons. The summed E-state index contributed by atoms with van der Waals surface area (Å²) in [5, 5.41) is 11.5. The first kappa shape index (κ1) is 7.21.